The molecule has 2 N–H and O–H groups in total. The molecule has 3 heterocycles. The first-order valence-corrected chi connectivity index (χ1v) is 13.9. The van der Waals surface area contributed by atoms with Gasteiger partial charge in [0.25, 0.3) is 5.91 Å². The molecule has 1 aromatic carbocycles. The maximum absolute atomic E-state index is 13.3. The number of rotatable bonds is 1. The number of pyridine rings is 1. The molecule has 0 radical (unpaired) electrons. The van der Waals surface area contributed by atoms with Crippen molar-refractivity contribution in [2.45, 2.75) is 71.7 Å². The van der Waals surface area contributed by atoms with Crippen LogP contribution >= 0.6 is 0 Å². The molecule has 5 bridgehead atoms. The van der Waals surface area contributed by atoms with Crippen LogP contribution in [0.5, 0.6) is 0 Å². The number of esters is 1. The summed E-state index contributed by atoms with van der Waals surface area (Å²) in [6.45, 7) is 9.27. The van der Waals surface area contributed by atoms with E-state index in [2.05, 4.69) is 10.7 Å². The molecular formula is C30H39N5O5. The van der Waals surface area contributed by atoms with Crippen LogP contribution in [0.3, 0.4) is 0 Å². The topological polar surface area (TPSA) is 121 Å². The Morgan fingerprint density at radius 2 is 1.75 bits per heavy atom. The van der Waals surface area contributed by atoms with Gasteiger partial charge in [0.2, 0.25) is 11.8 Å². The van der Waals surface area contributed by atoms with Crippen LogP contribution in [0.25, 0.3) is 17.0 Å². The highest BCUT2D eigenvalue weighted by molar-refractivity contribution is 5.93. The molecule has 4 rings (SSSR count). The number of likely N-dealkylation sites (N-methyl/N-ethyl adjacent to an activating group) is 1. The van der Waals surface area contributed by atoms with Crippen molar-refractivity contribution in [2.24, 2.45) is 11.8 Å². The van der Waals surface area contributed by atoms with E-state index in [4.69, 9.17) is 9.72 Å². The van der Waals surface area contributed by atoms with Gasteiger partial charge in [-0.3, -0.25) is 24.2 Å². The molecule has 3 amide bonds. The fourth-order valence-corrected chi connectivity index (χ4v) is 5.23. The lowest BCUT2D eigenvalue weighted by molar-refractivity contribution is -0.157. The Labute approximate surface area is 235 Å². The smallest absolute Gasteiger partial charge is 0.325 e. The molecule has 1 aromatic heterocycles. The molecule has 1 saturated heterocycles. The van der Waals surface area contributed by atoms with Gasteiger partial charge in [0.1, 0.15) is 24.2 Å². The molecule has 0 unspecified atom stereocenters. The average molecular weight is 550 g/mol. The zero-order chi connectivity index (χ0) is 29.1. The predicted octanol–water partition coefficient (Wildman–Crippen LogP) is 2.99. The molecule has 2 aliphatic rings. The fourth-order valence-electron chi connectivity index (χ4n) is 5.23. The molecular weight excluding hydrogens is 510 g/mol. The number of carbonyl (C=O) groups excluding carboxylic acids is 4. The average Bonchev–Trinajstić information content (AvgIpc) is 2.93. The highest BCUT2D eigenvalue weighted by Gasteiger charge is 2.35. The largest absolute Gasteiger partial charge is 0.455 e. The zero-order valence-electron chi connectivity index (χ0n) is 24.0. The lowest BCUT2D eigenvalue weighted by atomic mass is 9.99. The van der Waals surface area contributed by atoms with E-state index in [0.29, 0.717) is 25.1 Å². The Bertz CT molecular complexity index is 1320. The van der Waals surface area contributed by atoms with Gasteiger partial charge in [-0.2, -0.15) is 0 Å². The minimum absolute atomic E-state index is 0.191. The van der Waals surface area contributed by atoms with E-state index in [9.17, 15) is 19.2 Å². The summed E-state index contributed by atoms with van der Waals surface area (Å²) in [5.41, 5.74) is 5.20. The molecule has 2 aliphatic heterocycles. The third kappa shape index (κ3) is 6.33. The van der Waals surface area contributed by atoms with Gasteiger partial charge in [-0.25, -0.2) is 10.4 Å². The van der Waals surface area contributed by atoms with Gasteiger partial charge in [-0.1, -0.05) is 51.1 Å². The van der Waals surface area contributed by atoms with Crippen LogP contribution in [0.1, 0.15) is 64.8 Å². The van der Waals surface area contributed by atoms with Crippen LogP contribution in [0.4, 0.5) is 0 Å². The number of aromatic nitrogens is 1. The maximum Gasteiger partial charge on any atom is 0.325 e. The second-order valence-corrected chi connectivity index (χ2v) is 11.1. The highest BCUT2D eigenvalue weighted by Crippen LogP contribution is 2.23. The van der Waals surface area contributed by atoms with E-state index >= 15 is 0 Å². The highest BCUT2D eigenvalue weighted by atomic mass is 16.5. The van der Waals surface area contributed by atoms with Crippen molar-refractivity contribution in [2.75, 3.05) is 13.6 Å². The van der Waals surface area contributed by atoms with Crippen molar-refractivity contribution in [3.05, 3.63) is 47.7 Å². The zero-order valence-corrected chi connectivity index (χ0v) is 24.0. The van der Waals surface area contributed by atoms with Gasteiger partial charge in [-0.15, -0.1) is 0 Å². The minimum atomic E-state index is -0.868. The van der Waals surface area contributed by atoms with Crippen molar-refractivity contribution in [1.29, 1.82) is 0 Å². The molecule has 40 heavy (non-hydrogen) atoms. The first kappa shape index (κ1) is 29.2. The summed E-state index contributed by atoms with van der Waals surface area (Å²) in [7, 11) is 1.62. The van der Waals surface area contributed by atoms with Gasteiger partial charge in [0.15, 0.2) is 0 Å². The number of cyclic esters (lactones) is 1. The summed E-state index contributed by atoms with van der Waals surface area (Å²) in [6.07, 6.45) is 4.18. The Balaban J connectivity index is 1.70. The van der Waals surface area contributed by atoms with Crippen molar-refractivity contribution in [3.8, 4) is 0 Å². The van der Waals surface area contributed by atoms with Gasteiger partial charge in [0.05, 0.1) is 17.1 Å². The lowest BCUT2D eigenvalue weighted by Crippen LogP contribution is -2.61. The number of hydrogen-bond acceptors (Lipinski definition) is 7. The molecule has 2 aromatic rings. The standard InChI is InChI=1S/C30H39N5O5/c1-17(2)26-27(36)31-19(4)29(38)35-15-7-8-24(33-35)30(39)40-20(5)23-14-13-22-12-11-21(16-25(22)32-23)10-9-18(3)28(37)34(26)6/h9-14,16-20,24,26,33H,7-8,15H2,1-6H3,(H,31,36)/b10-9+/t18-,19+,20-,24+,26+/m1/s1. The molecule has 214 valence electrons. The second kappa shape index (κ2) is 12.2. The van der Waals surface area contributed by atoms with E-state index in [1.807, 2.05) is 50.3 Å². The monoisotopic (exact) mass is 549 g/mol. The molecule has 10 nitrogen and oxygen atoms in total. The van der Waals surface area contributed by atoms with E-state index in [0.717, 1.165) is 16.5 Å². The predicted molar refractivity (Wildman–Crippen MR) is 151 cm³/mol. The summed E-state index contributed by atoms with van der Waals surface area (Å²) in [5, 5.41) is 5.09. The van der Waals surface area contributed by atoms with Crippen LogP contribution in [0, 0.1) is 11.8 Å². The van der Waals surface area contributed by atoms with Gasteiger partial charge < -0.3 is 15.0 Å². The number of nitrogens with zero attached hydrogens (tertiary/aromatic N) is 3. The Morgan fingerprint density at radius 3 is 2.48 bits per heavy atom. The molecule has 0 spiro atoms. The summed E-state index contributed by atoms with van der Waals surface area (Å²) in [6, 6.07) is 7.25. The summed E-state index contributed by atoms with van der Waals surface area (Å²) < 4.78 is 5.75. The van der Waals surface area contributed by atoms with Crippen molar-refractivity contribution in [3.63, 3.8) is 0 Å². The lowest BCUT2D eigenvalue weighted by Gasteiger charge is -2.36. The Kier molecular flexibility index (Phi) is 8.88. The van der Waals surface area contributed by atoms with Crippen LogP contribution < -0.4 is 10.7 Å². The Morgan fingerprint density at radius 1 is 1.02 bits per heavy atom. The first-order chi connectivity index (χ1) is 19.0. The SMILES string of the molecule is CC(C)[C@H]1C(=O)N[C@@H](C)C(=O)N2CCC[C@H](N2)C(=O)O[C@H](C)c2ccc3ccc(cc3n2)/C=C/[C@@H](C)C(=O)N1C. The van der Waals surface area contributed by atoms with Gasteiger partial charge >= 0.3 is 5.97 Å². The van der Waals surface area contributed by atoms with Crippen LogP contribution in [-0.4, -0.2) is 70.3 Å². The third-order valence-electron chi connectivity index (χ3n) is 7.54. The van der Waals surface area contributed by atoms with Gasteiger partial charge in [-0.05, 0) is 50.3 Å². The third-order valence-corrected chi connectivity index (χ3v) is 7.54. The van der Waals surface area contributed by atoms with Crippen molar-refractivity contribution < 1.29 is 23.9 Å². The number of benzene rings is 1. The molecule has 0 saturated carbocycles. The van der Waals surface area contributed by atoms with E-state index in [-0.39, 0.29) is 17.7 Å². The van der Waals surface area contributed by atoms with Crippen molar-refractivity contribution in [1.82, 2.24) is 25.6 Å². The summed E-state index contributed by atoms with van der Waals surface area (Å²) in [4.78, 5) is 59.1. The van der Waals surface area contributed by atoms with Gasteiger partial charge in [0, 0.05) is 19.0 Å². The molecule has 1 fully saturated rings. The molecule has 10 heteroatoms. The molecule has 0 aliphatic carbocycles. The quantitative estimate of drug-likeness (QED) is 0.525. The fraction of sp³-hybridized carbons (Fsp3) is 0.500. The number of carbonyl (C=O) groups is 4. The number of hydrazine groups is 1. The van der Waals surface area contributed by atoms with E-state index < -0.39 is 42.0 Å². The van der Waals surface area contributed by atoms with Crippen LogP contribution in [0.15, 0.2) is 36.4 Å². The minimum Gasteiger partial charge on any atom is -0.455 e. The normalized spacial score (nSPS) is 28.0. The first-order valence-electron chi connectivity index (χ1n) is 13.9. The molecule has 5 atom stereocenters. The summed E-state index contributed by atoms with van der Waals surface area (Å²) in [5.74, 6) is -2.14. The number of fused-ring (bicyclic) bond motifs is 4. The number of nitrogens with one attached hydrogen (secondary N) is 2. The maximum atomic E-state index is 13.3. The summed E-state index contributed by atoms with van der Waals surface area (Å²) >= 11 is 0. The van der Waals surface area contributed by atoms with E-state index in [1.165, 1.54) is 9.91 Å². The van der Waals surface area contributed by atoms with Crippen LogP contribution in [-0.2, 0) is 23.9 Å². The van der Waals surface area contributed by atoms with Crippen molar-refractivity contribution >= 4 is 40.7 Å². The van der Waals surface area contributed by atoms with E-state index in [1.54, 1.807) is 33.9 Å². The number of hydrogen-bond donors (Lipinski definition) is 2. The number of ether oxygens (including phenoxy) is 1. The number of amides is 3. The Hall–Kier alpha value is -3.79. The van der Waals surface area contributed by atoms with Crippen LogP contribution in [0.2, 0.25) is 0 Å². The second-order valence-electron chi connectivity index (χ2n) is 11.1.